The highest BCUT2D eigenvalue weighted by Gasteiger charge is 2.19. The molecule has 0 saturated carbocycles. The largest absolute Gasteiger partial charge is 0.309 e. The van der Waals surface area contributed by atoms with E-state index in [2.05, 4.69) is 43.1 Å². The molecule has 0 spiro atoms. The molecule has 1 atom stereocenters. The van der Waals surface area contributed by atoms with E-state index in [1.54, 1.807) is 11.3 Å². The highest BCUT2D eigenvalue weighted by Crippen LogP contribution is 2.16. The van der Waals surface area contributed by atoms with Crippen LogP contribution in [-0.2, 0) is 6.54 Å². The van der Waals surface area contributed by atoms with E-state index in [-0.39, 0.29) is 0 Å². The van der Waals surface area contributed by atoms with Crippen LogP contribution in [0.4, 0.5) is 0 Å². The standard InChI is InChI=1S/C13H25N3S/c1-5-11(6-2)12(16(3)4)9-14-10-13-15-7-8-17-13/h7-8,11-12,14H,5-6,9-10H2,1-4H3. The molecule has 0 aliphatic rings. The van der Waals surface area contributed by atoms with Crippen LogP contribution in [0.1, 0.15) is 31.7 Å². The first-order chi connectivity index (χ1) is 8.19. The van der Waals surface area contributed by atoms with Crippen LogP contribution in [0.3, 0.4) is 0 Å². The Morgan fingerprint density at radius 1 is 1.35 bits per heavy atom. The summed E-state index contributed by atoms with van der Waals surface area (Å²) in [7, 11) is 4.35. The van der Waals surface area contributed by atoms with E-state index in [9.17, 15) is 0 Å². The Morgan fingerprint density at radius 2 is 2.06 bits per heavy atom. The fraction of sp³-hybridized carbons (Fsp3) is 0.769. The molecule has 0 aliphatic heterocycles. The molecule has 17 heavy (non-hydrogen) atoms. The summed E-state index contributed by atoms with van der Waals surface area (Å²) in [5.41, 5.74) is 0. The monoisotopic (exact) mass is 255 g/mol. The molecule has 1 aromatic rings. The molecule has 0 radical (unpaired) electrons. The summed E-state index contributed by atoms with van der Waals surface area (Å²) in [6.45, 7) is 6.50. The van der Waals surface area contributed by atoms with Crippen molar-refractivity contribution in [1.82, 2.24) is 15.2 Å². The zero-order valence-electron chi connectivity index (χ0n) is 11.4. The van der Waals surface area contributed by atoms with Gasteiger partial charge in [-0.2, -0.15) is 0 Å². The zero-order valence-corrected chi connectivity index (χ0v) is 12.3. The minimum Gasteiger partial charge on any atom is -0.309 e. The lowest BCUT2D eigenvalue weighted by molar-refractivity contribution is 0.194. The van der Waals surface area contributed by atoms with Gasteiger partial charge in [0.05, 0.1) is 0 Å². The number of thiazole rings is 1. The van der Waals surface area contributed by atoms with Gasteiger partial charge in [0.2, 0.25) is 0 Å². The summed E-state index contributed by atoms with van der Waals surface area (Å²) in [5, 5.41) is 6.73. The zero-order chi connectivity index (χ0) is 12.7. The SMILES string of the molecule is CCC(CC)C(CNCc1nccs1)N(C)C. The summed E-state index contributed by atoms with van der Waals surface area (Å²) in [6.07, 6.45) is 4.36. The van der Waals surface area contributed by atoms with E-state index >= 15 is 0 Å². The Balaban J connectivity index is 2.39. The normalized spacial score (nSPS) is 13.5. The topological polar surface area (TPSA) is 28.2 Å². The molecule has 0 aromatic carbocycles. The first-order valence-corrected chi connectivity index (χ1v) is 7.32. The second kappa shape index (κ2) is 7.80. The Labute approximate surface area is 109 Å². The van der Waals surface area contributed by atoms with Crippen molar-refractivity contribution >= 4 is 11.3 Å². The van der Waals surface area contributed by atoms with E-state index in [4.69, 9.17) is 0 Å². The van der Waals surface area contributed by atoms with Crippen LogP contribution >= 0.6 is 11.3 Å². The lowest BCUT2D eigenvalue weighted by Crippen LogP contribution is -2.42. The molecule has 1 N–H and O–H groups in total. The third kappa shape index (κ3) is 4.74. The number of nitrogens with one attached hydrogen (secondary N) is 1. The molecular weight excluding hydrogens is 230 g/mol. The first kappa shape index (κ1) is 14.6. The van der Waals surface area contributed by atoms with Crippen molar-refractivity contribution in [2.45, 2.75) is 39.3 Å². The highest BCUT2D eigenvalue weighted by molar-refractivity contribution is 7.09. The van der Waals surface area contributed by atoms with Gasteiger partial charge in [-0.05, 0) is 20.0 Å². The summed E-state index contributed by atoms with van der Waals surface area (Å²) < 4.78 is 0. The highest BCUT2D eigenvalue weighted by atomic mass is 32.1. The van der Waals surface area contributed by atoms with E-state index in [1.807, 2.05) is 11.6 Å². The summed E-state index contributed by atoms with van der Waals surface area (Å²) in [4.78, 5) is 6.63. The average Bonchev–Trinajstić information content (AvgIpc) is 2.81. The van der Waals surface area contributed by atoms with Gasteiger partial charge in [0.15, 0.2) is 0 Å². The predicted octanol–water partition coefficient (Wildman–Crippen LogP) is 2.60. The van der Waals surface area contributed by atoms with Crippen molar-refractivity contribution in [2.75, 3.05) is 20.6 Å². The molecule has 0 amide bonds. The minimum absolute atomic E-state index is 0.616. The number of hydrogen-bond acceptors (Lipinski definition) is 4. The van der Waals surface area contributed by atoms with Gasteiger partial charge in [-0.1, -0.05) is 26.7 Å². The van der Waals surface area contributed by atoms with Crippen molar-refractivity contribution < 1.29 is 0 Å². The maximum Gasteiger partial charge on any atom is 0.106 e. The van der Waals surface area contributed by atoms with Crippen LogP contribution in [0, 0.1) is 5.92 Å². The molecule has 0 fully saturated rings. The smallest absolute Gasteiger partial charge is 0.106 e. The molecular formula is C13H25N3S. The van der Waals surface area contributed by atoms with E-state index < -0.39 is 0 Å². The minimum atomic E-state index is 0.616. The van der Waals surface area contributed by atoms with E-state index in [1.165, 1.54) is 17.8 Å². The maximum atomic E-state index is 4.29. The molecule has 0 aliphatic carbocycles. The van der Waals surface area contributed by atoms with Gasteiger partial charge in [0.1, 0.15) is 5.01 Å². The Bertz CT molecular complexity index is 281. The van der Waals surface area contributed by atoms with Gasteiger partial charge in [-0.25, -0.2) is 4.98 Å². The lowest BCUT2D eigenvalue weighted by Gasteiger charge is -2.31. The second-order valence-corrected chi connectivity index (χ2v) is 5.64. The van der Waals surface area contributed by atoms with Gasteiger partial charge >= 0.3 is 0 Å². The van der Waals surface area contributed by atoms with E-state index in [0.717, 1.165) is 19.0 Å². The third-order valence-corrected chi connectivity index (χ3v) is 4.15. The number of nitrogens with zero attached hydrogens (tertiary/aromatic N) is 2. The predicted molar refractivity (Wildman–Crippen MR) is 75.4 cm³/mol. The quantitative estimate of drug-likeness (QED) is 0.774. The number of aromatic nitrogens is 1. The summed E-state index contributed by atoms with van der Waals surface area (Å²) >= 11 is 1.72. The third-order valence-electron chi connectivity index (χ3n) is 3.37. The number of rotatable bonds is 8. The van der Waals surface area contributed by atoms with Gasteiger partial charge in [0.25, 0.3) is 0 Å². The fourth-order valence-corrected chi connectivity index (χ4v) is 2.86. The molecule has 0 saturated heterocycles. The molecule has 1 heterocycles. The number of hydrogen-bond donors (Lipinski definition) is 1. The maximum absolute atomic E-state index is 4.29. The van der Waals surface area contributed by atoms with Crippen molar-refractivity contribution in [3.63, 3.8) is 0 Å². The Morgan fingerprint density at radius 3 is 2.53 bits per heavy atom. The van der Waals surface area contributed by atoms with Crippen molar-refractivity contribution in [3.8, 4) is 0 Å². The molecule has 1 aromatic heterocycles. The molecule has 0 bridgehead atoms. The molecule has 98 valence electrons. The van der Waals surface area contributed by atoms with Crippen molar-refractivity contribution in [2.24, 2.45) is 5.92 Å². The molecule has 3 nitrogen and oxygen atoms in total. The second-order valence-electron chi connectivity index (χ2n) is 4.66. The molecule has 1 rings (SSSR count). The van der Waals surface area contributed by atoms with Crippen molar-refractivity contribution in [1.29, 1.82) is 0 Å². The van der Waals surface area contributed by atoms with Crippen LogP contribution in [0.2, 0.25) is 0 Å². The van der Waals surface area contributed by atoms with Crippen molar-refractivity contribution in [3.05, 3.63) is 16.6 Å². The van der Waals surface area contributed by atoms with Crippen LogP contribution in [0.25, 0.3) is 0 Å². The molecule has 4 heteroatoms. The van der Waals surface area contributed by atoms with Crippen LogP contribution < -0.4 is 5.32 Å². The molecule has 1 unspecified atom stereocenters. The van der Waals surface area contributed by atoms with Gasteiger partial charge < -0.3 is 10.2 Å². The summed E-state index contributed by atoms with van der Waals surface area (Å²) in [6, 6.07) is 0.616. The Hall–Kier alpha value is -0.450. The van der Waals surface area contributed by atoms with Crippen LogP contribution in [0.5, 0.6) is 0 Å². The number of likely N-dealkylation sites (N-methyl/N-ethyl adjacent to an activating group) is 1. The van der Waals surface area contributed by atoms with Crippen LogP contribution in [0.15, 0.2) is 11.6 Å². The van der Waals surface area contributed by atoms with Gasteiger partial charge in [-0.15, -0.1) is 11.3 Å². The van der Waals surface area contributed by atoms with E-state index in [0.29, 0.717) is 6.04 Å². The van der Waals surface area contributed by atoms with Gasteiger partial charge in [0, 0.05) is 30.7 Å². The van der Waals surface area contributed by atoms with Crippen LogP contribution in [-0.4, -0.2) is 36.6 Å². The fourth-order valence-electron chi connectivity index (χ4n) is 2.27. The lowest BCUT2D eigenvalue weighted by atomic mass is 9.93. The van der Waals surface area contributed by atoms with Gasteiger partial charge in [-0.3, -0.25) is 0 Å². The Kier molecular flexibility index (Phi) is 6.70. The summed E-state index contributed by atoms with van der Waals surface area (Å²) in [5.74, 6) is 0.772. The first-order valence-electron chi connectivity index (χ1n) is 6.44. The average molecular weight is 255 g/mol.